The van der Waals surface area contributed by atoms with Crippen LogP contribution < -0.4 is 0 Å². The van der Waals surface area contributed by atoms with E-state index in [2.05, 4.69) is 30.8 Å². The standard InChI is InChI=1S/C17H24BO2/c1-2-6-15-9-11-17(12-10-15)20-18-19-14-13-16-7-4-3-5-8-16/h2-5,7-8,15,17H,1,6,9-14H2. The summed E-state index contributed by atoms with van der Waals surface area (Å²) < 4.78 is 11.1. The Kier molecular flexibility index (Phi) is 6.89. The van der Waals surface area contributed by atoms with Crippen molar-refractivity contribution in [2.75, 3.05) is 6.61 Å². The van der Waals surface area contributed by atoms with E-state index in [1.807, 2.05) is 12.1 Å². The molecule has 20 heavy (non-hydrogen) atoms. The number of hydrogen-bond acceptors (Lipinski definition) is 2. The molecule has 1 radical (unpaired) electrons. The second-order valence-corrected chi connectivity index (χ2v) is 5.51. The molecule has 1 fully saturated rings. The van der Waals surface area contributed by atoms with E-state index >= 15 is 0 Å². The zero-order valence-corrected chi connectivity index (χ0v) is 12.2. The van der Waals surface area contributed by atoms with E-state index in [4.69, 9.17) is 9.31 Å². The third-order valence-electron chi connectivity index (χ3n) is 3.96. The molecule has 1 aromatic carbocycles. The third-order valence-corrected chi connectivity index (χ3v) is 3.96. The zero-order chi connectivity index (χ0) is 14.0. The molecule has 0 atom stereocenters. The topological polar surface area (TPSA) is 18.5 Å². The summed E-state index contributed by atoms with van der Waals surface area (Å²) in [6, 6.07) is 10.4. The summed E-state index contributed by atoms with van der Waals surface area (Å²) in [6.07, 6.45) is 9.20. The van der Waals surface area contributed by atoms with Gasteiger partial charge in [-0.05, 0) is 50.0 Å². The summed E-state index contributed by atoms with van der Waals surface area (Å²) in [5.41, 5.74) is 1.30. The van der Waals surface area contributed by atoms with Gasteiger partial charge in [-0.25, -0.2) is 0 Å². The lowest BCUT2D eigenvalue weighted by atomic mass is 9.85. The lowest BCUT2D eigenvalue weighted by Gasteiger charge is -2.27. The van der Waals surface area contributed by atoms with Crippen LogP contribution >= 0.6 is 0 Å². The Bertz CT molecular complexity index is 372. The second-order valence-electron chi connectivity index (χ2n) is 5.51. The SMILES string of the molecule is C=CCC1CCC(O[B]OCCc2ccccc2)CC1. The van der Waals surface area contributed by atoms with E-state index in [-0.39, 0.29) is 0 Å². The van der Waals surface area contributed by atoms with Crippen molar-refractivity contribution in [1.82, 2.24) is 0 Å². The molecule has 0 saturated heterocycles. The van der Waals surface area contributed by atoms with Crippen LogP contribution in [0.3, 0.4) is 0 Å². The molecule has 0 bridgehead atoms. The fourth-order valence-corrected chi connectivity index (χ4v) is 2.73. The predicted octanol–water partition coefficient (Wildman–Crippen LogP) is 3.93. The van der Waals surface area contributed by atoms with Crippen molar-refractivity contribution in [3.8, 4) is 0 Å². The summed E-state index contributed by atoms with van der Waals surface area (Å²) in [5, 5.41) is 0. The molecule has 0 aromatic heterocycles. The quantitative estimate of drug-likeness (QED) is 0.405. The molecule has 3 heteroatoms. The van der Waals surface area contributed by atoms with Crippen molar-refractivity contribution in [3.05, 3.63) is 48.6 Å². The minimum Gasteiger partial charge on any atom is -0.413 e. The van der Waals surface area contributed by atoms with Gasteiger partial charge >= 0.3 is 7.69 Å². The minimum atomic E-state index is 0.341. The van der Waals surface area contributed by atoms with Gasteiger partial charge in [0, 0.05) is 12.7 Å². The summed E-state index contributed by atoms with van der Waals surface area (Å²) in [4.78, 5) is 0. The van der Waals surface area contributed by atoms with Crippen molar-refractivity contribution in [1.29, 1.82) is 0 Å². The van der Waals surface area contributed by atoms with Gasteiger partial charge in [0.25, 0.3) is 0 Å². The first-order chi connectivity index (χ1) is 9.88. The van der Waals surface area contributed by atoms with Crippen LogP contribution in [0.2, 0.25) is 0 Å². The van der Waals surface area contributed by atoms with Gasteiger partial charge in [0.15, 0.2) is 0 Å². The maximum Gasteiger partial charge on any atom is 0.488 e. The van der Waals surface area contributed by atoms with Gasteiger partial charge in [0.2, 0.25) is 0 Å². The van der Waals surface area contributed by atoms with Crippen LogP contribution in [-0.2, 0) is 15.7 Å². The predicted molar refractivity (Wildman–Crippen MR) is 83.5 cm³/mol. The highest BCUT2D eigenvalue weighted by atomic mass is 16.6. The first-order valence-corrected chi connectivity index (χ1v) is 7.62. The number of benzene rings is 1. The second kappa shape index (κ2) is 8.99. The molecule has 1 aliphatic carbocycles. The molecule has 107 valence electrons. The monoisotopic (exact) mass is 271 g/mol. The van der Waals surface area contributed by atoms with E-state index in [1.54, 1.807) is 7.69 Å². The number of hydrogen-bond donors (Lipinski definition) is 0. The average Bonchev–Trinajstić information content (AvgIpc) is 2.50. The molecule has 1 aliphatic rings. The van der Waals surface area contributed by atoms with Crippen molar-refractivity contribution in [2.45, 2.75) is 44.6 Å². The Hall–Kier alpha value is -1.06. The van der Waals surface area contributed by atoms with Crippen LogP contribution in [0.5, 0.6) is 0 Å². The van der Waals surface area contributed by atoms with E-state index < -0.39 is 0 Å². The van der Waals surface area contributed by atoms with Crippen molar-refractivity contribution in [2.24, 2.45) is 5.92 Å². The smallest absolute Gasteiger partial charge is 0.413 e. The Labute approximate surface area is 123 Å². The molecule has 0 unspecified atom stereocenters. The van der Waals surface area contributed by atoms with Crippen LogP contribution in [0.15, 0.2) is 43.0 Å². The minimum absolute atomic E-state index is 0.341. The van der Waals surface area contributed by atoms with Crippen LogP contribution in [0, 0.1) is 5.92 Å². The maximum atomic E-state index is 5.67. The molecule has 2 nitrogen and oxygen atoms in total. The maximum absolute atomic E-state index is 5.67. The summed E-state index contributed by atoms with van der Waals surface area (Å²) in [6.45, 7) is 4.49. The molecule has 0 N–H and O–H groups in total. The van der Waals surface area contributed by atoms with Gasteiger partial charge in [0.1, 0.15) is 0 Å². The first kappa shape index (κ1) is 15.3. The van der Waals surface area contributed by atoms with Gasteiger partial charge in [-0.2, -0.15) is 0 Å². The third kappa shape index (κ3) is 5.52. The van der Waals surface area contributed by atoms with Crippen molar-refractivity contribution >= 4 is 7.69 Å². The largest absolute Gasteiger partial charge is 0.488 e. The van der Waals surface area contributed by atoms with E-state index in [0.717, 1.165) is 31.6 Å². The van der Waals surface area contributed by atoms with Crippen LogP contribution in [0.1, 0.15) is 37.7 Å². The Morgan fingerprint density at radius 1 is 1.15 bits per heavy atom. The normalized spacial score (nSPS) is 22.4. The molecular formula is C17H24BO2. The Morgan fingerprint density at radius 2 is 1.90 bits per heavy atom. The number of allylic oxidation sites excluding steroid dienone is 1. The summed E-state index contributed by atoms with van der Waals surface area (Å²) in [5.74, 6) is 0.811. The number of rotatable bonds is 8. The van der Waals surface area contributed by atoms with Crippen LogP contribution in [-0.4, -0.2) is 20.4 Å². The molecular weight excluding hydrogens is 247 g/mol. The summed E-state index contributed by atoms with van der Waals surface area (Å²) in [7, 11) is 1.54. The van der Waals surface area contributed by atoms with Gasteiger partial charge in [-0.3, -0.25) is 0 Å². The Morgan fingerprint density at radius 3 is 2.60 bits per heavy atom. The summed E-state index contributed by atoms with van der Waals surface area (Å²) >= 11 is 0. The highest BCUT2D eigenvalue weighted by molar-refractivity contribution is 6.18. The van der Waals surface area contributed by atoms with Gasteiger partial charge in [-0.1, -0.05) is 36.4 Å². The molecule has 0 spiro atoms. The van der Waals surface area contributed by atoms with Crippen molar-refractivity contribution in [3.63, 3.8) is 0 Å². The Balaban J connectivity index is 1.51. The van der Waals surface area contributed by atoms with Crippen LogP contribution in [0.25, 0.3) is 0 Å². The first-order valence-electron chi connectivity index (χ1n) is 7.62. The highest BCUT2D eigenvalue weighted by Gasteiger charge is 2.20. The fourth-order valence-electron chi connectivity index (χ4n) is 2.73. The van der Waals surface area contributed by atoms with Gasteiger partial charge in [0.05, 0.1) is 0 Å². The molecule has 0 aliphatic heterocycles. The van der Waals surface area contributed by atoms with E-state index in [1.165, 1.54) is 18.4 Å². The molecule has 0 heterocycles. The van der Waals surface area contributed by atoms with Gasteiger partial charge < -0.3 is 9.31 Å². The fraction of sp³-hybridized carbons (Fsp3) is 0.529. The van der Waals surface area contributed by atoms with E-state index in [0.29, 0.717) is 12.7 Å². The van der Waals surface area contributed by atoms with Crippen molar-refractivity contribution < 1.29 is 9.31 Å². The van der Waals surface area contributed by atoms with Crippen LogP contribution in [0.4, 0.5) is 0 Å². The van der Waals surface area contributed by atoms with Gasteiger partial charge in [-0.15, -0.1) is 6.58 Å². The average molecular weight is 271 g/mol. The van der Waals surface area contributed by atoms with E-state index in [9.17, 15) is 0 Å². The molecule has 0 amide bonds. The lowest BCUT2D eigenvalue weighted by Crippen LogP contribution is -2.24. The molecule has 2 rings (SSSR count). The molecule has 1 aromatic rings. The lowest BCUT2D eigenvalue weighted by molar-refractivity contribution is 0.106. The molecule has 1 saturated carbocycles. The zero-order valence-electron chi connectivity index (χ0n) is 12.2. The highest BCUT2D eigenvalue weighted by Crippen LogP contribution is 2.28.